The maximum Gasteiger partial charge on any atom is 0.223 e. The van der Waals surface area contributed by atoms with Crippen molar-refractivity contribution in [2.45, 2.75) is 26.8 Å². The van der Waals surface area contributed by atoms with Crippen molar-refractivity contribution in [1.29, 1.82) is 0 Å². The van der Waals surface area contributed by atoms with E-state index in [1.165, 1.54) is 0 Å². The molecule has 0 aromatic carbocycles. The van der Waals surface area contributed by atoms with Crippen molar-refractivity contribution in [3.05, 3.63) is 66.3 Å². The van der Waals surface area contributed by atoms with Gasteiger partial charge in [0, 0.05) is 30.4 Å². The van der Waals surface area contributed by atoms with Crippen LogP contribution in [0.4, 0.5) is 5.95 Å². The van der Waals surface area contributed by atoms with Gasteiger partial charge in [-0.1, -0.05) is 11.2 Å². The summed E-state index contributed by atoms with van der Waals surface area (Å²) in [6.07, 6.45) is 8.46. The van der Waals surface area contributed by atoms with Crippen LogP contribution in [0.15, 0.2) is 53.7 Å². The fourth-order valence-electron chi connectivity index (χ4n) is 2.99. The second-order valence-corrected chi connectivity index (χ2v) is 6.37. The standard InChI is InChI=1S/C20H19N7O/c1-12(16-6-4-5-7-22-16)25-20-24-10-15(17-11-21-8-9-23-17)19(26-20)18-13(2)27-28-14(18)3/h4-12H,1-3H3,(H,24,25,26). The highest BCUT2D eigenvalue weighted by Gasteiger charge is 2.20. The van der Waals surface area contributed by atoms with Crippen molar-refractivity contribution in [3.8, 4) is 22.5 Å². The Morgan fingerprint density at radius 3 is 2.57 bits per heavy atom. The molecule has 0 aliphatic carbocycles. The summed E-state index contributed by atoms with van der Waals surface area (Å²) >= 11 is 0. The van der Waals surface area contributed by atoms with Gasteiger partial charge in [-0.05, 0) is 32.9 Å². The average molecular weight is 373 g/mol. The molecule has 8 nitrogen and oxygen atoms in total. The van der Waals surface area contributed by atoms with Gasteiger partial charge in [0.15, 0.2) is 0 Å². The van der Waals surface area contributed by atoms with E-state index < -0.39 is 0 Å². The maximum atomic E-state index is 5.35. The zero-order chi connectivity index (χ0) is 19.5. The third-order valence-corrected chi connectivity index (χ3v) is 4.38. The van der Waals surface area contributed by atoms with Crippen molar-refractivity contribution in [2.75, 3.05) is 5.32 Å². The summed E-state index contributed by atoms with van der Waals surface area (Å²) < 4.78 is 5.35. The molecule has 0 aliphatic heterocycles. The first-order valence-corrected chi connectivity index (χ1v) is 8.87. The number of hydrogen-bond acceptors (Lipinski definition) is 8. The minimum atomic E-state index is -0.0546. The number of anilines is 1. The molecule has 4 heterocycles. The lowest BCUT2D eigenvalue weighted by molar-refractivity contribution is 0.393. The van der Waals surface area contributed by atoms with E-state index in [-0.39, 0.29) is 6.04 Å². The number of nitrogens with zero attached hydrogens (tertiary/aromatic N) is 6. The Kier molecular flexibility index (Phi) is 4.76. The van der Waals surface area contributed by atoms with Crippen LogP contribution < -0.4 is 5.32 Å². The fourth-order valence-corrected chi connectivity index (χ4v) is 2.99. The number of aryl methyl sites for hydroxylation is 2. The zero-order valence-electron chi connectivity index (χ0n) is 15.8. The van der Waals surface area contributed by atoms with Gasteiger partial charge in [0.2, 0.25) is 5.95 Å². The Hall–Kier alpha value is -3.68. The summed E-state index contributed by atoms with van der Waals surface area (Å²) in [6, 6.07) is 5.74. The predicted molar refractivity (Wildman–Crippen MR) is 104 cm³/mol. The Labute approximate surface area is 162 Å². The fraction of sp³-hybridized carbons (Fsp3) is 0.200. The van der Waals surface area contributed by atoms with Crippen LogP contribution in [0.3, 0.4) is 0 Å². The quantitative estimate of drug-likeness (QED) is 0.564. The molecule has 28 heavy (non-hydrogen) atoms. The number of pyridine rings is 1. The predicted octanol–water partition coefficient (Wildman–Crippen LogP) is 3.77. The molecule has 0 spiro atoms. The van der Waals surface area contributed by atoms with Crippen LogP contribution in [-0.4, -0.2) is 30.1 Å². The molecule has 0 fully saturated rings. The second kappa shape index (κ2) is 7.51. The molecule has 1 atom stereocenters. The Bertz CT molecular complexity index is 1060. The van der Waals surface area contributed by atoms with Crippen LogP contribution in [-0.2, 0) is 0 Å². The molecule has 8 heteroatoms. The molecule has 0 saturated carbocycles. The molecule has 4 rings (SSSR count). The molecular weight excluding hydrogens is 354 g/mol. The van der Waals surface area contributed by atoms with Crippen LogP contribution in [0.1, 0.15) is 30.1 Å². The third kappa shape index (κ3) is 3.44. The number of rotatable bonds is 5. The van der Waals surface area contributed by atoms with E-state index in [0.29, 0.717) is 23.1 Å². The minimum Gasteiger partial charge on any atom is -0.361 e. The van der Waals surface area contributed by atoms with E-state index in [4.69, 9.17) is 9.51 Å². The zero-order valence-corrected chi connectivity index (χ0v) is 15.8. The lowest BCUT2D eigenvalue weighted by atomic mass is 10.0. The van der Waals surface area contributed by atoms with Crippen LogP contribution in [0.25, 0.3) is 22.5 Å². The third-order valence-electron chi connectivity index (χ3n) is 4.38. The number of nitrogens with one attached hydrogen (secondary N) is 1. The minimum absolute atomic E-state index is 0.0546. The highest BCUT2D eigenvalue weighted by Crippen LogP contribution is 2.33. The largest absolute Gasteiger partial charge is 0.361 e. The van der Waals surface area contributed by atoms with Gasteiger partial charge < -0.3 is 9.84 Å². The summed E-state index contributed by atoms with van der Waals surface area (Å²) in [7, 11) is 0. The average Bonchev–Trinajstić information content (AvgIpc) is 3.07. The summed E-state index contributed by atoms with van der Waals surface area (Å²) in [4.78, 5) is 22.2. The Balaban J connectivity index is 1.78. The van der Waals surface area contributed by atoms with Gasteiger partial charge in [0.05, 0.1) is 40.6 Å². The first kappa shape index (κ1) is 17.7. The van der Waals surface area contributed by atoms with Crippen molar-refractivity contribution in [3.63, 3.8) is 0 Å². The first-order valence-electron chi connectivity index (χ1n) is 8.87. The second-order valence-electron chi connectivity index (χ2n) is 6.37. The molecular formula is C20H19N7O. The lowest BCUT2D eigenvalue weighted by Gasteiger charge is -2.15. The van der Waals surface area contributed by atoms with Crippen LogP contribution in [0, 0.1) is 13.8 Å². The highest BCUT2D eigenvalue weighted by atomic mass is 16.5. The van der Waals surface area contributed by atoms with Gasteiger partial charge in [-0.25, -0.2) is 9.97 Å². The molecule has 140 valence electrons. The summed E-state index contributed by atoms with van der Waals surface area (Å²) in [5, 5.41) is 7.37. The number of aromatic nitrogens is 6. The molecule has 0 aliphatic rings. The van der Waals surface area contributed by atoms with Gasteiger partial charge in [0.25, 0.3) is 0 Å². The monoisotopic (exact) mass is 373 g/mol. The molecule has 0 saturated heterocycles. The maximum absolute atomic E-state index is 5.35. The van der Waals surface area contributed by atoms with E-state index in [9.17, 15) is 0 Å². The van der Waals surface area contributed by atoms with Crippen molar-refractivity contribution < 1.29 is 4.52 Å². The van der Waals surface area contributed by atoms with Gasteiger partial charge in [-0.15, -0.1) is 0 Å². The SMILES string of the molecule is Cc1noc(C)c1-c1nc(NC(C)c2ccccn2)ncc1-c1cnccn1. The van der Waals surface area contributed by atoms with Gasteiger partial charge in [0.1, 0.15) is 5.76 Å². The Morgan fingerprint density at radius 1 is 1.00 bits per heavy atom. The molecule has 4 aromatic heterocycles. The van der Waals surface area contributed by atoms with E-state index in [1.54, 1.807) is 31.0 Å². The molecule has 1 N–H and O–H groups in total. The topological polar surface area (TPSA) is 103 Å². The smallest absolute Gasteiger partial charge is 0.223 e. The van der Waals surface area contributed by atoms with Gasteiger partial charge >= 0.3 is 0 Å². The molecule has 0 radical (unpaired) electrons. The molecule has 0 bridgehead atoms. The lowest BCUT2D eigenvalue weighted by Crippen LogP contribution is -2.11. The normalized spacial score (nSPS) is 12.0. The van der Waals surface area contributed by atoms with Gasteiger partial charge in [-0.3, -0.25) is 15.0 Å². The van der Waals surface area contributed by atoms with Crippen LogP contribution in [0.2, 0.25) is 0 Å². The number of hydrogen-bond donors (Lipinski definition) is 1. The van der Waals surface area contributed by atoms with Crippen molar-refractivity contribution >= 4 is 5.95 Å². The Morgan fingerprint density at radius 2 is 1.89 bits per heavy atom. The molecule has 1 unspecified atom stereocenters. The summed E-state index contributed by atoms with van der Waals surface area (Å²) in [5.41, 5.74) is 4.63. The van der Waals surface area contributed by atoms with E-state index in [2.05, 4.69) is 30.4 Å². The van der Waals surface area contributed by atoms with E-state index in [0.717, 1.165) is 22.5 Å². The summed E-state index contributed by atoms with van der Waals surface area (Å²) in [6.45, 7) is 5.76. The van der Waals surface area contributed by atoms with E-state index >= 15 is 0 Å². The van der Waals surface area contributed by atoms with E-state index in [1.807, 2.05) is 39.0 Å². The molecule has 4 aromatic rings. The summed E-state index contributed by atoms with van der Waals surface area (Å²) in [5.74, 6) is 1.17. The highest BCUT2D eigenvalue weighted by molar-refractivity contribution is 5.80. The van der Waals surface area contributed by atoms with Crippen LogP contribution >= 0.6 is 0 Å². The van der Waals surface area contributed by atoms with Crippen molar-refractivity contribution in [1.82, 2.24) is 30.1 Å². The van der Waals surface area contributed by atoms with Gasteiger partial charge in [-0.2, -0.15) is 0 Å². The first-order chi connectivity index (χ1) is 13.6. The van der Waals surface area contributed by atoms with Crippen molar-refractivity contribution in [2.24, 2.45) is 0 Å². The van der Waals surface area contributed by atoms with Crippen LogP contribution in [0.5, 0.6) is 0 Å². The molecule has 0 amide bonds.